The molecule has 2 rings (SSSR count). The van der Waals surface area contributed by atoms with Crippen LogP contribution in [0, 0.1) is 0 Å². The lowest BCUT2D eigenvalue weighted by Gasteiger charge is -2.10. The first-order valence-electron chi connectivity index (χ1n) is 5.61. The number of aromatic nitrogens is 1. The number of aryl methyl sites for hydroxylation is 1. The van der Waals surface area contributed by atoms with Crippen LogP contribution in [0.2, 0.25) is 0 Å². The molecule has 3 nitrogen and oxygen atoms in total. The molecule has 17 heavy (non-hydrogen) atoms. The summed E-state index contributed by atoms with van der Waals surface area (Å²) in [4.78, 5) is 4.13. The molecule has 1 atom stereocenters. The molecule has 1 unspecified atom stereocenters. The molecule has 0 saturated heterocycles. The average molecular weight is 295 g/mol. The zero-order chi connectivity index (χ0) is 12.1. The van der Waals surface area contributed by atoms with Gasteiger partial charge in [0.2, 0.25) is 0 Å². The minimum atomic E-state index is 0.135. The third kappa shape index (κ3) is 3.98. The van der Waals surface area contributed by atoms with E-state index < -0.39 is 0 Å². The summed E-state index contributed by atoms with van der Waals surface area (Å²) in [5.41, 5.74) is 7.25. The van der Waals surface area contributed by atoms with Crippen LogP contribution in [-0.2, 0) is 12.8 Å². The Balaban J connectivity index is 1.83. The number of nitrogens with zero attached hydrogens (tertiary/aromatic N) is 1. The van der Waals surface area contributed by atoms with Gasteiger partial charge in [-0.25, -0.2) is 0 Å². The van der Waals surface area contributed by atoms with E-state index in [9.17, 15) is 0 Å². The van der Waals surface area contributed by atoms with Crippen molar-refractivity contribution in [3.05, 3.63) is 52.7 Å². The summed E-state index contributed by atoms with van der Waals surface area (Å²) in [6, 6.07) is 6.07. The molecule has 2 heterocycles. The number of rotatable bonds is 5. The van der Waals surface area contributed by atoms with E-state index >= 15 is 0 Å². The molecule has 2 aromatic rings. The van der Waals surface area contributed by atoms with Gasteiger partial charge in [0.25, 0.3) is 0 Å². The van der Waals surface area contributed by atoms with E-state index in [1.165, 1.54) is 0 Å². The van der Waals surface area contributed by atoms with Crippen molar-refractivity contribution in [2.75, 3.05) is 0 Å². The van der Waals surface area contributed by atoms with Crippen LogP contribution < -0.4 is 5.73 Å². The van der Waals surface area contributed by atoms with Gasteiger partial charge in [-0.1, -0.05) is 0 Å². The molecule has 0 bridgehead atoms. The molecule has 0 aliphatic heterocycles. The molecular formula is C13H15BrN2O. The van der Waals surface area contributed by atoms with Crippen LogP contribution in [0.15, 0.2) is 45.7 Å². The van der Waals surface area contributed by atoms with Gasteiger partial charge in [0.05, 0.1) is 6.26 Å². The number of hydrogen-bond donors (Lipinski definition) is 1. The van der Waals surface area contributed by atoms with E-state index in [4.69, 9.17) is 10.2 Å². The highest BCUT2D eigenvalue weighted by Gasteiger charge is 2.06. The maximum absolute atomic E-state index is 6.09. The second kappa shape index (κ2) is 5.98. The summed E-state index contributed by atoms with van der Waals surface area (Å²) in [5, 5.41) is 0. The Morgan fingerprint density at radius 1 is 1.41 bits per heavy atom. The number of furan rings is 1. The lowest BCUT2D eigenvalue weighted by atomic mass is 10.0. The van der Waals surface area contributed by atoms with Crippen LogP contribution in [0.25, 0.3) is 0 Å². The van der Waals surface area contributed by atoms with Crippen molar-refractivity contribution in [2.45, 2.75) is 25.3 Å². The average Bonchev–Trinajstić information content (AvgIpc) is 2.79. The Bertz CT molecular complexity index is 456. The maximum atomic E-state index is 6.09. The van der Waals surface area contributed by atoms with E-state index in [1.54, 1.807) is 12.5 Å². The van der Waals surface area contributed by atoms with Gasteiger partial charge in [0, 0.05) is 29.3 Å². The zero-order valence-corrected chi connectivity index (χ0v) is 11.1. The Morgan fingerprint density at radius 3 is 3.00 bits per heavy atom. The van der Waals surface area contributed by atoms with Gasteiger partial charge in [0.15, 0.2) is 0 Å². The number of hydrogen-bond acceptors (Lipinski definition) is 3. The highest BCUT2D eigenvalue weighted by Crippen LogP contribution is 2.13. The maximum Gasteiger partial charge on any atom is 0.103 e. The van der Waals surface area contributed by atoms with Crippen molar-refractivity contribution in [3.8, 4) is 0 Å². The van der Waals surface area contributed by atoms with Crippen LogP contribution in [0.5, 0.6) is 0 Å². The normalized spacial score (nSPS) is 12.6. The van der Waals surface area contributed by atoms with E-state index in [0.717, 1.165) is 35.1 Å². The summed E-state index contributed by atoms with van der Waals surface area (Å²) in [6.07, 6.45) is 7.97. The molecule has 2 aromatic heterocycles. The van der Waals surface area contributed by atoms with E-state index in [-0.39, 0.29) is 6.04 Å². The quantitative estimate of drug-likeness (QED) is 0.922. The van der Waals surface area contributed by atoms with Crippen LogP contribution in [-0.4, -0.2) is 11.0 Å². The third-order valence-electron chi connectivity index (χ3n) is 2.60. The van der Waals surface area contributed by atoms with Crippen molar-refractivity contribution >= 4 is 15.9 Å². The van der Waals surface area contributed by atoms with Crippen molar-refractivity contribution < 1.29 is 4.42 Å². The van der Waals surface area contributed by atoms with Crippen molar-refractivity contribution in [2.24, 2.45) is 5.73 Å². The number of halogens is 1. The summed E-state index contributed by atoms with van der Waals surface area (Å²) >= 11 is 3.40. The van der Waals surface area contributed by atoms with Crippen molar-refractivity contribution in [3.63, 3.8) is 0 Å². The fourth-order valence-corrected chi connectivity index (χ4v) is 2.17. The highest BCUT2D eigenvalue weighted by atomic mass is 79.9. The van der Waals surface area contributed by atoms with Crippen LogP contribution in [0.3, 0.4) is 0 Å². The molecule has 90 valence electrons. The molecule has 0 saturated carbocycles. The lowest BCUT2D eigenvalue weighted by molar-refractivity contribution is 0.484. The van der Waals surface area contributed by atoms with Gasteiger partial charge in [-0.15, -0.1) is 0 Å². The molecule has 0 radical (unpaired) electrons. The Morgan fingerprint density at radius 2 is 2.29 bits per heavy atom. The predicted molar refractivity (Wildman–Crippen MR) is 70.6 cm³/mol. The second-order valence-electron chi connectivity index (χ2n) is 4.09. The van der Waals surface area contributed by atoms with E-state index in [1.807, 2.05) is 18.3 Å². The summed E-state index contributed by atoms with van der Waals surface area (Å²) in [5.74, 6) is 0.993. The SMILES string of the molecule is NC(CCc1ccco1)Cc1cncc(Br)c1. The minimum absolute atomic E-state index is 0.135. The summed E-state index contributed by atoms with van der Waals surface area (Å²) in [7, 11) is 0. The van der Waals surface area contributed by atoms with Crippen molar-refractivity contribution in [1.29, 1.82) is 0 Å². The van der Waals surface area contributed by atoms with E-state index in [0.29, 0.717) is 0 Å². The van der Waals surface area contributed by atoms with Gasteiger partial charge in [0.1, 0.15) is 5.76 Å². The molecule has 0 aromatic carbocycles. The fourth-order valence-electron chi connectivity index (χ4n) is 1.75. The van der Waals surface area contributed by atoms with Crippen molar-refractivity contribution in [1.82, 2.24) is 4.98 Å². The molecular weight excluding hydrogens is 280 g/mol. The number of nitrogens with two attached hydrogens (primary N) is 1. The Hall–Kier alpha value is -1.13. The molecule has 2 N–H and O–H groups in total. The molecule has 0 amide bonds. The monoisotopic (exact) mass is 294 g/mol. The first kappa shape index (κ1) is 12.3. The summed E-state index contributed by atoms with van der Waals surface area (Å²) in [6.45, 7) is 0. The first-order chi connectivity index (χ1) is 8.24. The van der Waals surface area contributed by atoms with Gasteiger partial charge < -0.3 is 10.2 Å². The Kier molecular flexibility index (Phi) is 4.34. The zero-order valence-electron chi connectivity index (χ0n) is 9.47. The number of pyridine rings is 1. The standard InChI is InChI=1S/C13H15BrN2O/c14-11-6-10(8-16-9-11)7-12(15)3-4-13-2-1-5-17-13/h1-2,5-6,8-9,12H,3-4,7,15H2. The lowest BCUT2D eigenvalue weighted by Crippen LogP contribution is -2.23. The predicted octanol–water partition coefficient (Wildman–Crippen LogP) is 2.94. The third-order valence-corrected chi connectivity index (χ3v) is 3.03. The summed E-state index contributed by atoms with van der Waals surface area (Å²) < 4.78 is 6.27. The Labute approximate surface area is 109 Å². The van der Waals surface area contributed by atoms with Gasteiger partial charge in [-0.05, 0) is 52.5 Å². The molecule has 0 aliphatic carbocycles. The van der Waals surface area contributed by atoms with Crippen LogP contribution >= 0.6 is 15.9 Å². The molecule has 0 aliphatic rings. The second-order valence-corrected chi connectivity index (χ2v) is 5.01. The minimum Gasteiger partial charge on any atom is -0.469 e. The molecule has 0 fully saturated rings. The van der Waals surface area contributed by atoms with Crippen LogP contribution in [0.4, 0.5) is 0 Å². The highest BCUT2D eigenvalue weighted by molar-refractivity contribution is 9.10. The molecule has 4 heteroatoms. The topological polar surface area (TPSA) is 52.0 Å². The smallest absolute Gasteiger partial charge is 0.103 e. The van der Waals surface area contributed by atoms with Crippen LogP contribution in [0.1, 0.15) is 17.7 Å². The van der Waals surface area contributed by atoms with Gasteiger partial charge in [-0.3, -0.25) is 4.98 Å². The van der Waals surface area contributed by atoms with Gasteiger partial charge in [-0.2, -0.15) is 0 Å². The van der Waals surface area contributed by atoms with Gasteiger partial charge >= 0.3 is 0 Å². The van der Waals surface area contributed by atoms with E-state index in [2.05, 4.69) is 27.0 Å². The largest absolute Gasteiger partial charge is 0.469 e. The fraction of sp³-hybridized carbons (Fsp3) is 0.308. The first-order valence-corrected chi connectivity index (χ1v) is 6.41. The molecule has 0 spiro atoms.